The van der Waals surface area contributed by atoms with E-state index in [0.717, 1.165) is 22.0 Å². The van der Waals surface area contributed by atoms with Crippen LogP contribution in [0.1, 0.15) is 33.1 Å². The van der Waals surface area contributed by atoms with Gasteiger partial charge in [0.2, 0.25) is 0 Å². The first-order valence-corrected chi connectivity index (χ1v) is 11.1. The van der Waals surface area contributed by atoms with Crippen LogP contribution in [0.2, 0.25) is 0 Å². The first kappa shape index (κ1) is 22.5. The molecule has 0 aliphatic carbocycles. The molecule has 0 N–H and O–H groups in total. The molecule has 0 spiro atoms. The van der Waals surface area contributed by atoms with Gasteiger partial charge >= 0.3 is 11.4 Å². The summed E-state index contributed by atoms with van der Waals surface area (Å²) >= 11 is 0. The van der Waals surface area contributed by atoms with Gasteiger partial charge in [0.1, 0.15) is 0 Å². The number of hydrogen-bond acceptors (Lipinski definition) is 6. The molecule has 12 nitrogen and oxygen atoms in total. The average Bonchev–Trinajstić information content (AvgIpc) is 3.40. The Morgan fingerprint density at radius 1 is 0.667 bits per heavy atom. The number of imidazole rings is 2. The average molecular weight is 457 g/mol. The molecule has 0 saturated carbocycles. The van der Waals surface area contributed by atoms with Crippen molar-refractivity contribution in [2.75, 3.05) is 0 Å². The monoisotopic (exact) mass is 456 g/mol. The van der Waals surface area contributed by atoms with Crippen molar-refractivity contribution in [1.82, 2.24) is 37.4 Å². The molecule has 0 aromatic carbocycles. The zero-order valence-corrected chi connectivity index (χ0v) is 19.3. The first-order chi connectivity index (χ1) is 15.8. The molecular formula is C21H28N8O4. The van der Waals surface area contributed by atoms with Gasteiger partial charge in [-0.2, -0.15) is 0 Å². The zero-order chi connectivity index (χ0) is 23.9. The van der Waals surface area contributed by atoms with E-state index in [9.17, 15) is 19.2 Å². The van der Waals surface area contributed by atoms with Gasteiger partial charge in [-0.1, -0.05) is 13.8 Å². The third-order valence-corrected chi connectivity index (χ3v) is 5.90. The maximum Gasteiger partial charge on any atom is 0.332 e. The van der Waals surface area contributed by atoms with Crippen LogP contribution < -0.4 is 22.5 Å². The van der Waals surface area contributed by atoms with Crippen LogP contribution in [0.25, 0.3) is 22.3 Å². The molecule has 0 atom stereocenters. The van der Waals surface area contributed by atoms with Gasteiger partial charge in [0.05, 0.1) is 12.7 Å². The smallest absolute Gasteiger partial charge is 0.325 e. The maximum absolute atomic E-state index is 13.1. The lowest BCUT2D eigenvalue weighted by molar-refractivity contribution is 0.500. The van der Waals surface area contributed by atoms with E-state index >= 15 is 0 Å². The summed E-state index contributed by atoms with van der Waals surface area (Å²) in [6, 6.07) is 0. The minimum Gasteiger partial charge on any atom is -0.325 e. The van der Waals surface area contributed by atoms with Crippen LogP contribution in [0.5, 0.6) is 0 Å². The summed E-state index contributed by atoms with van der Waals surface area (Å²) in [7, 11) is 3.15. The van der Waals surface area contributed by atoms with Crippen LogP contribution in [0.3, 0.4) is 0 Å². The minimum absolute atomic E-state index is 0.0700. The first-order valence-electron chi connectivity index (χ1n) is 11.1. The fourth-order valence-corrected chi connectivity index (χ4v) is 4.25. The quantitative estimate of drug-likeness (QED) is 0.368. The van der Waals surface area contributed by atoms with E-state index in [4.69, 9.17) is 0 Å². The van der Waals surface area contributed by atoms with Crippen molar-refractivity contribution in [3.63, 3.8) is 0 Å². The van der Waals surface area contributed by atoms with Crippen molar-refractivity contribution in [1.29, 1.82) is 0 Å². The highest BCUT2D eigenvalue weighted by Crippen LogP contribution is 2.08. The molecule has 4 heterocycles. The van der Waals surface area contributed by atoms with E-state index in [-0.39, 0.29) is 19.5 Å². The number of hydrogen-bond donors (Lipinski definition) is 0. The molecular weight excluding hydrogens is 428 g/mol. The Balaban J connectivity index is 1.71. The van der Waals surface area contributed by atoms with E-state index in [2.05, 4.69) is 9.97 Å². The van der Waals surface area contributed by atoms with E-state index in [0.29, 0.717) is 35.4 Å². The normalized spacial score (nSPS) is 11.8. The van der Waals surface area contributed by atoms with E-state index in [1.54, 1.807) is 35.9 Å². The molecule has 0 radical (unpaired) electrons. The Morgan fingerprint density at radius 2 is 1.06 bits per heavy atom. The molecule has 0 fully saturated rings. The van der Waals surface area contributed by atoms with Crippen molar-refractivity contribution in [2.24, 2.45) is 14.1 Å². The second-order valence-electron chi connectivity index (χ2n) is 8.17. The van der Waals surface area contributed by atoms with Gasteiger partial charge < -0.3 is 9.13 Å². The van der Waals surface area contributed by atoms with Gasteiger partial charge in [0.25, 0.3) is 11.1 Å². The van der Waals surface area contributed by atoms with Crippen LogP contribution in [0.15, 0.2) is 31.8 Å². The highest BCUT2D eigenvalue weighted by molar-refractivity contribution is 5.70. The number of nitrogens with zero attached hydrogens (tertiary/aromatic N) is 8. The summed E-state index contributed by atoms with van der Waals surface area (Å²) in [4.78, 5) is 60.2. The number of fused-ring (bicyclic) bond motifs is 2. The fourth-order valence-electron chi connectivity index (χ4n) is 4.25. The summed E-state index contributed by atoms with van der Waals surface area (Å²) < 4.78 is 8.48. The van der Waals surface area contributed by atoms with Gasteiger partial charge in [0.15, 0.2) is 22.3 Å². The van der Waals surface area contributed by atoms with Crippen LogP contribution >= 0.6 is 0 Å². The summed E-state index contributed by atoms with van der Waals surface area (Å²) in [6.45, 7) is 5.35. The lowest BCUT2D eigenvalue weighted by atomic mass is 10.3. The standard InChI is InChI=1S/C21H28N8O4/c1-5-8-26-12-22-16-14(26)18(30)28(20(32)24(16)3)10-7-11-29-19(31)15-17(25(4)21(29)33)23-13-27(15)9-6-2/h12-13H,5-11H2,1-4H3. The largest absolute Gasteiger partial charge is 0.332 e. The van der Waals surface area contributed by atoms with Crippen LogP contribution in [0, 0.1) is 0 Å². The number of aromatic nitrogens is 8. The maximum atomic E-state index is 13.1. The van der Waals surface area contributed by atoms with Gasteiger partial charge in [-0.25, -0.2) is 19.6 Å². The molecule has 0 amide bonds. The predicted molar refractivity (Wildman–Crippen MR) is 124 cm³/mol. The van der Waals surface area contributed by atoms with Crippen molar-refractivity contribution in [3.8, 4) is 0 Å². The molecule has 4 rings (SSSR count). The summed E-state index contributed by atoms with van der Waals surface area (Å²) in [5, 5.41) is 0. The van der Waals surface area contributed by atoms with Crippen LogP contribution in [-0.4, -0.2) is 37.4 Å². The molecule has 0 aliphatic rings. The topological polar surface area (TPSA) is 124 Å². The molecule has 0 saturated heterocycles. The Labute approximate surface area is 188 Å². The Morgan fingerprint density at radius 3 is 1.42 bits per heavy atom. The van der Waals surface area contributed by atoms with Crippen molar-refractivity contribution in [2.45, 2.75) is 59.3 Å². The summed E-state index contributed by atoms with van der Waals surface area (Å²) in [5.41, 5.74) is -0.374. The second kappa shape index (κ2) is 8.68. The predicted octanol–water partition coefficient (Wildman–Crippen LogP) is 0.0171. The molecule has 33 heavy (non-hydrogen) atoms. The fraction of sp³-hybridized carbons (Fsp3) is 0.524. The molecule has 0 aliphatic heterocycles. The lowest BCUT2D eigenvalue weighted by Crippen LogP contribution is -2.42. The second-order valence-corrected chi connectivity index (χ2v) is 8.17. The third-order valence-electron chi connectivity index (χ3n) is 5.90. The Hall–Kier alpha value is -3.70. The van der Waals surface area contributed by atoms with Gasteiger partial charge in [-0.3, -0.25) is 27.9 Å². The highest BCUT2D eigenvalue weighted by atomic mass is 16.2. The van der Waals surface area contributed by atoms with Crippen LogP contribution in [-0.2, 0) is 40.3 Å². The Bertz CT molecular complexity index is 1460. The molecule has 0 unspecified atom stereocenters. The number of aryl methyl sites for hydroxylation is 4. The lowest BCUT2D eigenvalue weighted by Gasteiger charge is -2.11. The molecule has 0 bridgehead atoms. The summed E-state index contributed by atoms with van der Waals surface area (Å²) in [5.74, 6) is 0. The van der Waals surface area contributed by atoms with E-state index in [1.807, 2.05) is 13.8 Å². The number of rotatable bonds is 8. The molecule has 4 aromatic rings. The minimum atomic E-state index is -0.481. The highest BCUT2D eigenvalue weighted by Gasteiger charge is 2.18. The Kier molecular flexibility index (Phi) is 5.91. The van der Waals surface area contributed by atoms with E-state index in [1.165, 1.54) is 9.13 Å². The van der Waals surface area contributed by atoms with Gasteiger partial charge in [0, 0.05) is 40.3 Å². The van der Waals surface area contributed by atoms with Gasteiger partial charge in [-0.05, 0) is 19.3 Å². The van der Waals surface area contributed by atoms with Crippen molar-refractivity contribution in [3.05, 3.63) is 54.3 Å². The zero-order valence-electron chi connectivity index (χ0n) is 19.3. The summed E-state index contributed by atoms with van der Waals surface area (Å²) in [6.07, 6.45) is 5.02. The van der Waals surface area contributed by atoms with Crippen LogP contribution in [0.4, 0.5) is 0 Å². The molecule has 12 heteroatoms. The third kappa shape index (κ3) is 3.55. The molecule has 176 valence electrons. The van der Waals surface area contributed by atoms with E-state index < -0.39 is 22.5 Å². The van der Waals surface area contributed by atoms with Crippen molar-refractivity contribution >= 4 is 22.3 Å². The van der Waals surface area contributed by atoms with Crippen molar-refractivity contribution < 1.29 is 0 Å². The molecule has 4 aromatic heterocycles. The van der Waals surface area contributed by atoms with Gasteiger partial charge in [-0.15, -0.1) is 0 Å². The SMILES string of the molecule is CCCn1cnc2c1c(=O)n(CCCn1c(=O)c3c(ncn3CCC)n(C)c1=O)c(=O)n2C.